The summed E-state index contributed by atoms with van der Waals surface area (Å²) in [4.78, 5) is 14.1. The van der Waals surface area contributed by atoms with E-state index in [-0.39, 0.29) is 0 Å². The van der Waals surface area contributed by atoms with Crippen LogP contribution in [0.5, 0.6) is 0 Å². The molecule has 0 amide bonds. The van der Waals surface area contributed by atoms with Gasteiger partial charge in [-0.15, -0.1) is 0 Å². The lowest BCUT2D eigenvalue weighted by atomic mass is 10.4. The molecule has 2 aromatic heterocycles. The molecule has 2 N–H and O–H groups in total. The van der Waals surface area contributed by atoms with Gasteiger partial charge in [-0.25, -0.2) is 9.97 Å². The summed E-state index contributed by atoms with van der Waals surface area (Å²) < 4.78 is 0. The summed E-state index contributed by atoms with van der Waals surface area (Å²) in [6.07, 6.45) is 9.69. The van der Waals surface area contributed by atoms with Gasteiger partial charge in [0.2, 0.25) is 0 Å². The van der Waals surface area contributed by atoms with Gasteiger partial charge in [-0.2, -0.15) is 0 Å². The average molecular weight is 256 g/mol. The molecule has 0 aliphatic rings. The van der Waals surface area contributed by atoms with E-state index in [1.54, 1.807) is 46.4 Å². The van der Waals surface area contributed by atoms with Crippen molar-refractivity contribution in [3.8, 4) is 0 Å². The van der Waals surface area contributed by atoms with Crippen LogP contribution in [0.1, 0.15) is 26.7 Å². The zero-order valence-corrected chi connectivity index (χ0v) is 11.1. The molecule has 0 aliphatic heterocycles. The highest BCUT2D eigenvalue weighted by Gasteiger charge is 1.99. The standard InChI is InChI=1S/C6H6N4S2.C4H10/c1-2-8-5(7-1)11-12-6-9-3-4-10-6;1-3-4-2/h1-4H,(H,7,8)(H,9,10);3-4H2,1-2H3. The summed E-state index contributed by atoms with van der Waals surface area (Å²) in [5.41, 5.74) is 0. The fourth-order valence-corrected chi connectivity index (χ4v) is 2.29. The molecule has 0 aromatic carbocycles. The van der Waals surface area contributed by atoms with Crippen LogP contribution in [0, 0.1) is 0 Å². The topological polar surface area (TPSA) is 57.4 Å². The molecule has 0 aliphatic carbocycles. The molecule has 0 saturated heterocycles. The highest BCUT2D eigenvalue weighted by atomic mass is 33.1. The maximum atomic E-state index is 4.06. The number of hydrogen-bond acceptors (Lipinski definition) is 4. The zero-order chi connectivity index (χ0) is 11.6. The van der Waals surface area contributed by atoms with Crippen molar-refractivity contribution >= 4 is 21.6 Å². The Labute approximate surface area is 103 Å². The summed E-state index contributed by atoms with van der Waals surface area (Å²) >= 11 is 0. The fraction of sp³-hybridized carbons (Fsp3) is 0.400. The molecule has 0 bridgehead atoms. The number of aromatic nitrogens is 4. The van der Waals surface area contributed by atoms with Gasteiger partial charge in [0.15, 0.2) is 10.3 Å². The third-order valence-electron chi connectivity index (χ3n) is 1.65. The molecule has 2 rings (SSSR count). The molecule has 2 aromatic rings. The minimum absolute atomic E-state index is 0.886. The molecule has 4 nitrogen and oxygen atoms in total. The van der Waals surface area contributed by atoms with Crippen LogP contribution in [0.4, 0.5) is 0 Å². The van der Waals surface area contributed by atoms with E-state index in [1.807, 2.05) is 0 Å². The largest absolute Gasteiger partial charge is 0.339 e. The van der Waals surface area contributed by atoms with Gasteiger partial charge in [-0.3, -0.25) is 0 Å². The first-order valence-electron chi connectivity index (χ1n) is 5.20. The van der Waals surface area contributed by atoms with Crippen molar-refractivity contribution in [2.75, 3.05) is 0 Å². The first-order chi connectivity index (χ1) is 7.86. The first kappa shape index (κ1) is 13.2. The van der Waals surface area contributed by atoms with Crippen molar-refractivity contribution in [3.05, 3.63) is 24.8 Å². The van der Waals surface area contributed by atoms with Gasteiger partial charge in [-0.1, -0.05) is 26.7 Å². The molecule has 0 spiro atoms. The van der Waals surface area contributed by atoms with E-state index in [4.69, 9.17) is 0 Å². The lowest BCUT2D eigenvalue weighted by Crippen LogP contribution is -1.71. The van der Waals surface area contributed by atoms with Gasteiger partial charge < -0.3 is 9.97 Å². The van der Waals surface area contributed by atoms with E-state index in [9.17, 15) is 0 Å². The first-order valence-corrected chi connectivity index (χ1v) is 7.35. The number of rotatable bonds is 4. The monoisotopic (exact) mass is 256 g/mol. The SMILES string of the molecule is CCCC.c1c[nH]c(SSc2ncc[nH]2)n1. The van der Waals surface area contributed by atoms with Crippen molar-refractivity contribution < 1.29 is 0 Å². The summed E-state index contributed by atoms with van der Waals surface area (Å²) in [5, 5.41) is 1.77. The Hall–Kier alpha value is -0.880. The van der Waals surface area contributed by atoms with Crippen molar-refractivity contribution in [2.45, 2.75) is 37.0 Å². The molecule has 16 heavy (non-hydrogen) atoms. The third-order valence-corrected chi connectivity index (χ3v) is 3.69. The fourth-order valence-electron chi connectivity index (χ4n) is 0.672. The van der Waals surface area contributed by atoms with Crippen LogP contribution in [0.3, 0.4) is 0 Å². The molecule has 2 heterocycles. The molecule has 0 atom stereocenters. The second-order valence-corrected chi connectivity index (χ2v) is 5.06. The molecular weight excluding hydrogens is 240 g/mol. The van der Waals surface area contributed by atoms with E-state index >= 15 is 0 Å². The number of nitrogens with one attached hydrogen (secondary N) is 2. The Bertz CT molecular complexity index is 309. The predicted molar refractivity (Wildman–Crippen MR) is 69.5 cm³/mol. The van der Waals surface area contributed by atoms with E-state index in [0.29, 0.717) is 0 Å². The van der Waals surface area contributed by atoms with Crippen molar-refractivity contribution in [1.82, 2.24) is 19.9 Å². The van der Waals surface area contributed by atoms with Crippen LogP contribution < -0.4 is 0 Å². The van der Waals surface area contributed by atoms with Crippen LogP contribution in [0.15, 0.2) is 35.1 Å². The number of unbranched alkanes of at least 4 members (excludes halogenated alkanes) is 1. The van der Waals surface area contributed by atoms with E-state index in [2.05, 4.69) is 33.8 Å². The van der Waals surface area contributed by atoms with Crippen LogP contribution in [0.25, 0.3) is 0 Å². The summed E-state index contributed by atoms with van der Waals surface area (Å²) in [7, 11) is 3.08. The van der Waals surface area contributed by atoms with Crippen LogP contribution in [0.2, 0.25) is 0 Å². The molecule has 0 fully saturated rings. The van der Waals surface area contributed by atoms with Crippen molar-refractivity contribution in [1.29, 1.82) is 0 Å². The number of hydrogen-bond donors (Lipinski definition) is 2. The Balaban J connectivity index is 0.000000280. The number of imidazole rings is 2. The lowest BCUT2D eigenvalue weighted by molar-refractivity contribution is 0.886. The summed E-state index contributed by atoms with van der Waals surface area (Å²) in [5.74, 6) is 0. The smallest absolute Gasteiger partial charge is 0.176 e. The number of aromatic amines is 2. The summed E-state index contributed by atoms with van der Waals surface area (Å²) in [6.45, 7) is 4.36. The maximum absolute atomic E-state index is 4.06. The van der Waals surface area contributed by atoms with Gasteiger partial charge in [0, 0.05) is 24.8 Å². The van der Waals surface area contributed by atoms with E-state index < -0.39 is 0 Å². The van der Waals surface area contributed by atoms with E-state index in [0.717, 1.165) is 10.3 Å². The second-order valence-electron chi connectivity index (χ2n) is 2.96. The Morgan fingerprint density at radius 3 is 1.62 bits per heavy atom. The Kier molecular flexibility index (Phi) is 6.83. The van der Waals surface area contributed by atoms with Gasteiger partial charge in [0.25, 0.3) is 0 Å². The molecule has 0 unspecified atom stereocenters. The quantitative estimate of drug-likeness (QED) is 0.818. The molecule has 0 saturated carbocycles. The predicted octanol–water partition coefficient (Wildman–Crippen LogP) is 3.74. The third kappa shape index (κ3) is 5.27. The molecule has 88 valence electrons. The van der Waals surface area contributed by atoms with Gasteiger partial charge in [0.05, 0.1) is 0 Å². The number of nitrogens with zero attached hydrogens (tertiary/aromatic N) is 2. The lowest BCUT2D eigenvalue weighted by Gasteiger charge is -1.91. The average Bonchev–Trinajstić information content (AvgIpc) is 2.99. The van der Waals surface area contributed by atoms with Crippen LogP contribution in [-0.4, -0.2) is 19.9 Å². The molecule has 6 heteroatoms. The Morgan fingerprint density at radius 2 is 1.38 bits per heavy atom. The minimum Gasteiger partial charge on any atom is -0.339 e. The summed E-state index contributed by atoms with van der Waals surface area (Å²) in [6, 6.07) is 0. The molecule has 0 radical (unpaired) electrons. The van der Waals surface area contributed by atoms with Crippen LogP contribution >= 0.6 is 21.6 Å². The van der Waals surface area contributed by atoms with Crippen molar-refractivity contribution in [2.24, 2.45) is 0 Å². The molecular formula is C10H16N4S2. The van der Waals surface area contributed by atoms with Crippen molar-refractivity contribution in [3.63, 3.8) is 0 Å². The Morgan fingerprint density at radius 1 is 0.938 bits per heavy atom. The van der Waals surface area contributed by atoms with E-state index in [1.165, 1.54) is 12.8 Å². The van der Waals surface area contributed by atoms with Crippen LogP contribution in [-0.2, 0) is 0 Å². The second kappa shape index (κ2) is 8.29. The highest BCUT2D eigenvalue weighted by molar-refractivity contribution is 8.76. The minimum atomic E-state index is 0.886. The normalized spacial score (nSPS) is 9.62. The number of H-pyrrole nitrogens is 2. The zero-order valence-electron chi connectivity index (χ0n) is 9.43. The van der Waals surface area contributed by atoms with Gasteiger partial charge in [-0.05, 0) is 21.6 Å². The van der Waals surface area contributed by atoms with Gasteiger partial charge in [0.1, 0.15) is 0 Å². The van der Waals surface area contributed by atoms with Gasteiger partial charge >= 0.3 is 0 Å². The highest BCUT2D eigenvalue weighted by Crippen LogP contribution is 2.32. The maximum Gasteiger partial charge on any atom is 0.176 e.